The summed E-state index contributed by atoms with van der Waals surface area (Å²) in [4.78, 5) is 14.2. The summed E-state index contributed by atoms with van der Waals surface area (Å²) in [6.45, 7) is 3.04. The van der Waals surface area contributed by atoms with E-state index in [4.69, 9.17) is 23.2 Å². The van der Waals surface area contributed by atoms with Gasteiger partial charge in [0.1, 0.15) is 0 Å². The topological polar surface area (TPSA) is 32.3 Å². The van der Waals surface area contributed by atoms with Gasteiger partial charge in [-0.3, -0.25) is 9.69 Å². The number of carbonyl (C=O) groups excluding carboxylic acids is 1. The van der Waals surface area contributed by atoms with E-state index in [2.05, 4.69) is 5.32 Å². The lowest BCUT2D eigenvalue weighted by atomic mass is 10.1. The van der Waals surface area contributed by atoms with Gasteiger partial charge in [0.25, 0.3) is 0 Å². The maximum absolute atomic E-state index is 12.3. The van der Waals surface area contributed by atoms with Crippen LogP contribution in [0.1, 0.15) is 18.1 Å². The Labute approximate surface area is 147 Å². The second kappa shape index (κ2) is 8.34. The standard InChI is InChI=1S/C18H20Cl2N2O/c1-13(18(23)21-11-14-6-4-3-5-7-14)22(2)12-15-8-9-16(19)17(20)10-15/h3-10,13H,11-12H2,1-2H3,(H,21,23)/t13-/m1/s1. The molecule has 2 aromatic rings. The van der Waals surface area contributed by atoms with Gasteiger partial charge >= 0.3 is 0 Å². The van der Waals surface area contributed by atoms with E-state index < -0.39 is 0 Å². The summed E-state index contributed by atoms with van der Waals surface area (Å²) >= 11 is 11.9. The van der Waals surface area contributed by atoms with Crippen molar-refractivity contribution < 1.29 is 4.79 Å². The lowest BCUT2D eigenvalue weighted by molar-refractivity contribution is -0.125. The molecule has 0 fully saturated rings. The first-order valence-electron chi connectivity index (χ1n) is 7.43. The van der Waals surface area contributed by atoms with Gasteiger partial charge in [-0.25, -0.2) is 0 Å². The van der Waals surface area contributed by atoms with Crippen LogP contribution >= 0.6 is 23.2 Å². The normalized spacial score (nSPS) is 12.2. The smallest absolute Gasteiger partial charge is 0.237 e. The van der Waals surface area contributed by atoms with Crippen LogP contribution in [0.25, 0.3) is 0 Å². The maximum Gasteiger partial charge on any atom is 0.237 e. The average Bonchev–Trinajstić information content (AvgIpc) is 2.56. The third-order valence-corrected chi connectivity index (χ3v) is 4.51. The Balaban J connectivity index is 1.89. The molecule has 0 spiro atoms. The van der Waals surface area contributed by atoms with Crippen LogP contribution < -0.4 is 5.32 Å². The van der Waals surface area contributed by atoms with E-state index >= 15 is 0 Å². The summed E-state index contributed by atoms with van der Waals surface area (Å²) in [7, 11) is 1.91. The Kier molecular flexibility index (Phi) is 6.46. The molecule has 1 amide bonds. The van der Waals surface area contributed by atoms with Crippen LogP contribution in [0, 0.1) is 0 Å². The van der Waals surface area contributed by atoms with Crippen molar-refractivity contribution in [2.45, 2.75) is 26.1 Å². The van der Waals surface area contributed by atoms with Crippen LogP contribution in [0.15, 0.2) is 48.5 Å². The van der Waals surface area contributed by atoms with Crippen LogP contribution in [0.5, 0.6) is 0 Å². The van der Waals surface area contributed by atoms with Crippen molar-refractivity contribution in [3.8, 4) is 0 Å². The van der Waals surface area contributed by atoms with E-state index in [0.29, 0.717) is 23.1 Å². The highest BCUT2D eigenvalue weighted by Crippen LogP contribution is 2.23. The first-order valence-corrected chi connectivity index (χ1v) is 8.19. The zero-order valence-corrected chi connectivity index (χ0v) is 14.7. The van der Waals surface area contributed by atoms with Gasteiger partial charge in [-0.2, -0.15) is 0 Å². The molecular weight excluding hydrogens is 331 g/mol. The Morgan fingerprint density at radius 1 is 1.09 bits per heavy atom. The zero-order valence-electron chi connectivity index (χ0n) is 13.2. The molecule has 1 atom stereocenters. The van der Waals surface area contributed by atoms with Gasteiger partial charge in [-0.05, 0) is 37.2 Å². The van der Waals surface area contributed by atoms with Crippen molar-refractivity contribution in [1.29, 1.82) is 0 Å². The van der Waals surface area contributed by atoms with Crippen molar-refractivity contribution in [2.24, 2.45) is 0 Å². The molecule has 3 nitrogen and oxygen atoms in total. The van der Waals surface area contributed by atoms with E-state index in [1.807, 2.05) is 61.3 Å². The number of carbonyl (C=O) groups is 1. The Morgan fingerprint density at radius 2 is 1.78 bits per heavy atom. The van der Waals surface area contributed by atoms with E-state index in [1.165, 1.54) is 0 Å². The fourth-order valence-corrected chi connectivity index (χ4v) is 2.52. The number of likely N-dealkylation sites (N-methyl/N-ethyl adjacent to an activating group) is 1. The summed E-state index contributed by atoms with van der Waals surface area (Å²) in [5.41, 5.74) is 2.10. The number of nitrogens with zero attached hydrogens (tertiary/aromatic N) is 1. The van der Waals surface area contributed by atoms with Gasteiger partial charge < -0.3 is 5.32 Å². The summed E-state index contributed by atoms with van der Waals surface area (Å²) in [6.07, 6.45) is 0. The maximum atomic E-state index is 12.3. The minimum atomic E-state index is -0.242. The van der Waals surface area contributed by atoms with Crippen LogP contribution in [-0.2, 0) is 17.9 Å². The number of benzene rings is 2. The van der Waals surface area contributed by atoms with E-state index in [0.717, 1.165) is 11.1 Å². The average molecular weight is 351 g/mol. The number of nitrogens with one attached hydrogen (secondary N) is 1. The minimum absolute atomic E-state index is 0.00332. The largest absolute Gasteiger partial charge is 0.351 e. The molecule has 0 heterocycles. The van der Waals surface area contributed by atoms with E-state index in [-0.39, 0.29) is 11.9 Å². The number of hydrogen-bond acceptors (Lipinski definition) is 2. The first-order chi connectivity index (χ1) is 11.0. The van der Waals surface area contributed by atoms with Gasteiger partial charge in [0, 0.05) is 13.1 Å². The van der Waals surface area contributed by atoms with Gasteiger partial charge in [0.15, 0.2) is 0 Å². The molecule has 0 radical (unpaired) electrons. The van der Waals surface area contributed by atoms with E-state index in [9.17, 15) is 4.79 Å². The molecule has 1 N–H and O–H groups in total. The molecule has 0 aromatic heterocycles. The molecule has 0 saturated heterocycles. The van der Waals surface area contributed by atoms with Crippen molar-refractivity contribution in [2.75, 3.05) is 7.05 Å². The molecular formula is C18H20Cl2N2O. The molecule has 5 heteroatoms. The predicted molar refractivity (Wildman–Crippen MR) is 95.7 cm³/mol. The Hall–Kier alpha value is -1.55. The molecule has 0 unspecified atom stereocenters. The van der Waals surface area contributed by atoms with Gasteiger partial charge in [0.2, 0.25) is 5.91 Å². The first kappa shape index (κ1) is 17.8. The highest BCUT2D eigenvalue weighted by Gasteiger charge is 2.18. The number of rotatable bonds is 6. The Bertz CT molecular complexity index is 661. The molecule has 122 valence electrons. The molecule has 0 aliphatic heterocycles. The predicted octanol–water partition coefficient (Wildman–Crippen LogP) is 4.13. The SMILES string of the molecule is C[C@H](C(=O)NCc1ccccc1)N(C)Cc1ccc(Cl)c(Cl)c1. The summed E-state index contributed by atoms with van der Waals surface area (Å²) in [6, 6.07) is 15.1. The van der Waals surface area contributed by atoms with Crippen LogP contribution in [0.4, 0.5) is 0 Å². The summed E-state index contributed by atoms with van der Waals surface area (Å²) in [5, 5.41) is 4.02. The molecule has 0 saturated carbocycles. The quantitative estimate of drug-likeness (QED) is 0.849. The fourth-order valence-electron chi connectivity index (χ4n) is 2.20. The second-order valence-electron chi connectivity index (χ2n) is 5.54. The van der Waals surface area contributed by atoms with Crippen LogP contribution in [0.3, 0.4) is 0 Å². The van der Waals surface area contributed by atoms with Crippen molar-refractivity contribution >= 4 is 29.1 Å². The molecule has 2 rings (SSSR count). The molecule has 23 heavy (non-hydrogen) atoms. The minimum Gasteiger partial charge on any atom is -0.351 e. The molecule has 0 bridgehead atoms. The number of amides is 1. The van der Waals surface area contributed by atoms with Gasteiger partial charge in [-0.1, -0.05) is 59.6 Å². The van der Waals surface area contributed by atoms with Gasteiger partial charge in [0.05, 0.1) is 16.1 Å². The van der Waals surface area contributed by atoms with E-state index in [1.54, 1.807) is 6.07 Å². The third kappa shape index (κ3) is 5.24. The van der Waals surface area contributed by atoms with Crippen molar-refractivity contribution in [1.82, 2.24) is 10.2 Å². The van der Waals surface area contributed by atoms with Gasteiger partial charge in [-0.15, -0.1) is 0 Å². The lowest BCUT2D eigenvalue weighted by Gasteiger charge is -2.24. The summed E-state index contributed by atoms with van der Waals surface area (Å²) < 4.78 is 0. The molecule has 2 aromatic carbocycles. The highest BCUT2D eigenvalue weighted by molar-refractivity contribution is 6.42. The van der Waals surface area contributed by atoms with Crippen molar-refractivity contribution in [3.05, 3.63) is 69.7 Å². The van der Waals surface area contributed by atoms with Crippen molar-refractivity contribution in [3.63, 3.8) is 0 Å². The van der Waals surface area contributed by atoms with Crippen LogP contribution in [-0.4, -0.2) is 23.9 Å². The highest BCUT2D eigenvalue weighted by atomic mass is 35.5. The monoisotopic (exact) mass is 350 g/mol. The molecule has 0 aliphatic carbocycles. The number of halogens is 2. The lowest BCUT2D eigenvalue weighted by Crippen LogP contribution is -2.42. The Morgan fingerprint density at radius 3 is 2.43 bits per heavy atom. The zero-order chi connectivity index (χ0) is 16.8. The van der Waals surface area contributed by atoms with Crippen LogP contribution in [0.2, 0.25) is 10.0 Å². The third-order valence-electron chi connectivity index (χ3n) is 3.77. The molecule has 0 aliphatic rings. The number of hydrogen-bond donors (Lipinski definition) is 1. The fraction of sp³-hybridized carbons (Fsp3) is 0.278. The second-order valence-corrected chi connectivity index (χ2v) is 6.36. The summed E-state index contributed by atoms with van der Waals surface area (Å²) in [5.74, 6) is -0.00332.